The first kappa shape index (κ1) is 21.4. The van der Waals surface area contributed by atoms with Crippen molar-refractivity contribution in [3.63, 3.8) is 0 Å². The van der Waals surface area contributed by atoms with E-state index in [1.807, 2.05) is 0 Å². The molecule has 1 amide bonds. The number of carbonyl (C=O) groups excluding carboxylic acids is 1. The number of benzene rings is 1. The summed E-state index contributed by atoms with van der Waals surface area (Å²) in [5.74, 6) is -0.462. The zero-order chi connectivity index (χ0) is 22.2. The smallest absolute Gasteiger partial charge is 0.414 e. The van der Waals surface area contributed by atoms with E-state index in [1.165, 1.54) is 15.3 Å². The summed E-state index contributed by atoms with van der Waals surface area (Å²) in [4.78, 5) is 13.6. The molecular weight excluding hydrogens is 425 g/mol. The lowest BCUT2D eigenvalue weighted by Gasteiger charge is -2.27. The number of amides is 1. The highest BCUT2D eigenvalue weighted by molar-refractivity contribution is 7.89. The molecule has 0 bridgehead atoms. The number of halogens is 1. The topological polar surface area (TPSA) is 97.6 Å². The van der Waals surface area contributed by atoms with E-state index in [9.17, 15) is 17.6 Å². The van der Waals surface area contributed by atoms with E-state index < -0.39 is 33.3 Å². The van der Waals surface area contributed by atoms with Gasteiger partial charge in [-0.2, -0.15) is 4.31 Å². The Bertz CT molecular complexity index is 1100. The molecule has 2 aromatic rings. The van der Waals surface area contributed by atoms with Gasteiger partial charge in [0.25, 0.3) is 0 Å². The van der Waals surface area contributed by atoms with Gasteiger partial charge < -0.3 is 4.74 Å². The molecule has 166 valence electrons. The van der Waals surface area contributed by atoms with Gasteiger partial charge in [0.15, 0.2) is 0 Å². The molecule has 0 N–H and O–H groups in total. The highest BCUT2D eigenvalue weighted by Gasteiger charge is 2.33. The Kier molecular flexibility index (Phi) is 5.80. The van der Waals surface area contributed by atoms with Gasteiger partial charge in [-0.25, -0.2) is 22.3 Å². The summed E-state index contributed by atoms with van der Waals surface area (Å²) < 4.78 is 47.9. The van der Waals surface area contributed by atoms with Crippen LogP contribution in [-0.2, 0) is 21.3 Å². The van der Waals surface area contributed by atoms with Gasteiger partial charge >= 0.3 is 6.09 Å². The van der Waals surface area contributed by atoms with Crippen molar-refractivity contribution < 1.29 is 22.3 Å². The van der Waals surface area contributed by atoms with Crippen molar-refractivity contribution in [2.45, 2.75) is 38.2 Å². The molecule has 0 unspecified atom stereocenters. The van der Waals surface area contributed by atoms with Crippen molar-refractivity contribution in [1.29, 1.82) is 0 Å². The van der Waals surface area contributed by atoms with Crippen molar-refractivity contribution >= 4 is 27.4 Å². The van der Waals surface area contributed by atoms with E-state index in [-0.39, 0.29) is 13.1 Å². The van der Waals surface area contributed by atoms with Crippen molar-refractivity contribution in [2.24, 2.45) is 0 Å². The summed E-state index contributed by atoms with van der Waals surface area (Å²) in [6, 6.07) is 4.61. The molecular formula is C20H24FN5O4S. The number of carbonyl (C=O) groups is 1. The molecule has 1 aromatic carbocycles. The number of hydrogen-bond acceptors (Lipinski definition) is 6. The third-order valence-electron chi connectivity index (χ3n) is 5.47. The number of rotatable bonds is 6. The molecule has 0 spiro atoms. The zero-order valence-electron chi connectivity index (χ0n) is 17.3. The van der Waals surface area contributed by atoms with Crippen LogP contribution < -0.4 is 4.90 Å². The lowest BCUT2D eigenvalue weighted by atomic mass is 9.99. The van der Waals surface area contributed by atoms with Crippen LogP contribution in [0.15, 0.2) is 36.7 Å². The highest BCUT2D eigenvalue weighted by Crippen LogP contribution is 2.30. The van der Waals surface area contributed by atoms with Gasteiger partial charge in [0.05, 0.1) is 30.2 Å². The summed E-state index contributed by atoms with van der Waals surface area (Å²) >= 11 is 0. The number of anilines is 1. The van der Waals surface area contributed by atoms with Gasteiger partial charge in [0.1, 0.15) is 11.9 Å². The molecule has 31 heavy (non-hydrogen) atoms. The van der Waals surface area contributed by atoms with Crippen LogP contribution in [0.5, 0.6) is 0 Å². The minimum atomic E-state index is -3.34. The van der Waals surface area contributed by atoms with Gasteiger partial charge in [-0.05, 0) is 44.0 Å². The number of aromatic nitrogens is 3. The molecule has 9 nitrogen and oxygen atoms in total. The van der Waals surface area contributed by atoms with Crippen LogP contribution in [0.3, 0.4) is 0 Å². The maximum atomic E-state index is 14.9. The predicted molar refractivity (Wildman–Crippen MR) is 112 cm³/mol. The minimum absolute atomic E-state index is 0.222. The second-order valence-electron chi connectivity index (χ2n) is 7.84. The molecule has 1 saturated heterocycles. The third kappa shape index (κ3) is 4.33. The third-order valence-corrected chi connectivity index (χ3v) is 7.72. The molecule has 1 fully saturated rings. The van der Waals surface area contributed by atoms with Crippen LogP contribution in [0.25, 0.3) is 5.57 Å². The van der Waals surface area contributed by atoms with Gasteiger partial charge in [-0.3, -0.25) is 4.90 Å². The normalized spacial score (nSPS) is 20.3. The molecule has 1 aromatic heterocycles. The first-order valence-corrected chi connectivity index (χ1v) is 11.6. The SMILES string of the molecule is CC(C)S(=O)(=O)N1CC=C(c2ccc(N3C[C@H](Cn4ccnn4)OC3=O)cc2F)CC1. The van der Waals surface area contributed by atoms with Gasteiger partial charge in [0, 0.05) is 24.8 Å². The van der Waals surface area contributed by atoms with Crippen molar-refractivity contribution in [2.75, 3.05) is 24.5 Å². The summed E-state index contributed by atoms with van der Waals surface area (Å²) in [6.07, 6.45) is 4.44. The Hall–Kier alpha value is -2.79. The Balaban J connectivity index is 1.46. The molecule has 0 aliphatic carbocycles. The van der Waals surface area contributed by atoms with Crippen molar-refractivity contribution in [3.8, 4) is 0 Å². The summed E-state index contributed by atoms with van der Waals surface area (Å²) in [5.41, 5.74) is 1.58. The number of cyclic esters (lactones) is 1. The number of sulfonamides is 1. The fraction of sp³-hybridized carbons (Fsp3) is 0.450. The van der Waals surface area contributed by atoms with Crippen LogP contribution in [0.4, 0.5) is 14.9 Å². The standard InChI is InChI=1S/C20H24FN5O4S/c1-14(2)31(28,29)25-8-5-15(6-9-25)18-4-3-16(11-19(18)21)26-13-17(30-20(26)27)12-24-10-7-22-23-24/h3-5,7,10-11,14,17H,6,8-9,12-13H2,1-2H3/t17-/m0/s1. The van der Waals surface area contributed by atoms with E-state index in [1.54, 1.807) is 49.1 Å². The van der Waals surface area contributed by atoms with E-state index in [0.29, 0.717) is 30.8 Å². The quantitative estimate of drug-likeness (QED) is 0.671. The van der Waals surface area contributed by atoms with E-state index >= 15 is 0 Å². The molecule has 1 atom stereocenters. The van der Waals surface area contributed by atoms with Crippen LogP contribution in [-0.4, -0.2) is 64.8 Å². The van der Waals surface area contributed by atoms with Gasteiger partial charge in [-0.1, -0.05) is 11.3 Å². The molecule has 4 rings (SSSR count). The van der Waals surface area contributed by atoms with Crippen molar-refractivity contribution in [3.05, 3.63) is 48.0 Å². The number of hydrogen-bond donors (Lipinski definition) is 0. The van der Waals surface area contributed by atoms with Crippen molar-refractivity contribution in [1.82, 2.24) is 19.3 Å². The lowest BCUT2D eigenvalue weighted by molar-refractivity contribution is 0.129. The van der Waals surface area contributed by atoms with E-state index in [2.05, 4.69) is 10.3 Å². The van der Waals surface area contributed by atoms with Crippen LogP contribution in [0, 0.1) is 5.82 Å². The largest absolute Gasteiger partial charge is 0.442 e. The summed E-state index contributed by atoms with van der Waals surface area (Å²) in [7, 11) is -3.34. The fourth-order valence-electron chi connectivity index (χ4n) is 3.72. The first-order chi connectivity index (χ1) is 14.8. The molecule has 0 saturated carbocycles. The second kappa shape index (κ2) is 8.39. The molecule has 3 heterocycles. The Morgan fingerprint density at radius 3 is 2.74 bits per heavy atom. The Labute approximate surface area is 180 Å². The number of ether oxygens (including phenoxy) is 1. The van der Waals surface area contributed by atoms with E-state index in [4.69, 9.17) is 4.74 Å². The maximum absolute atomic E-state index is 14.9. The van der Waals surface area contributed by atoms with E-state index in [0.717, 1.165) is 5.57 Å². The average molecular weight is 450 g/mol. The lowest BCUT2D eigenvalue weighted by Crippen LogP contribution is -2.39. The zero-order valence-corrected chi connectivity index (χ0v) is 18.1. The predicted octanol–water partition coefficient (Wildman–Crippen LogP) is 2.27. The molecule has 2 aliphatic rings. The Morgan fingerprint density at radius 2 is 2.13 bits per heavy atom. The van der Waals surface area contributed by atoms with Crippen LogP contribution >= 0.6 is 0 Å². The maximum Gasteiger partial charge on any atom is 0.414 e. The first-order valence-electron chi connectivity index (χ1n) is 10.1. The summed E-state index contributed by atoms with van der Waals surface area (Å²) in [6.45, 7) is 4.47. The fourth-order valence-corrected chi connectivity index (χ4v) is 4.95. The monoisotopic (exact) mass is 449 g/mol. The Morgan fingerprint density at radius 1 is 1.32 bits per heavy atom. The average Bonchev–Trinajstić information content (AvgIpc) is 3.37. The number of nitrogens with zero attached hydrogens (tertiary/aromatic N) is 5. The van der Waals surface area contributed by atoms with Crippen LogP contribution in [0.1, 0.15) is 25.8 Å². The summed E-state index contributed by atoms with van der Waals surface area (Å²) in [5, 5.41) is 7.09. The van der Waals surface area contributed by atoms with Crippen LogP contribution in [0.2, 0.25) is 0 Å². The molecule has 2 aliphatic heterocycles. The van der Waals surface area contributed by atoms with Gasteiger partial charge in [-0.15, -0.1) is 5.10 Å². The second-order valence-corrected chi connectivity index (χ2v) is 10.3. The molecule has 0 radical (unpaired) electrons. The van der Waals surface area contributed by atoms with Gasteiger partial charge in [0.2, 0.25) is 10.0 Å². The highest BCUT2D eigenvalue weighted by atomic mass is 32.2. The molecule has 11 heteroatoms. The minimum Gasteiger partial charge on any atom is -0.442 e.